The van der Waals surface area contributed by atoms with Crippen LogP contribution >= 0.6 is 0 Å². The summed E-state index contributed by atoms with van der Waals surface area (Å²) >= 11 is 0. The van der Waals surface area contributed by atoms with Crippen LogP contribution in [0.5, 0.6) is 0 Å². The number of nitrogens with zero attached hydrogens (tertiary/aromatic N) is 2. The molecule has 1 aliphatic rings. The van der Waals surface area contributed by atoms with Crippen LogP contribution < -0.4 is 10.6 Å². The normalized spacial score (nSPS) is 13.9. The summed E-state index contributed by atoms with van der Waals surface area (Å²) in [4.78, 5) is 51.4. The minimum absolute atomic E-state index is 0.0269. The van der Waals surface area contributed by atoms with Crippen LogP contribution in [-0.4, -0.2) is 72.2 Å². The fourth-order valence-electron chi connectivity index (χ4n) is 3.05. The molecule has 0 radical (unpaired) electrons. The molecule has 0 bridgehead atoms. The first kappa shape index (κ1) is 24.6. The van der Waals surface area contributed by atoms with Crippen LogP contribution in [0.1, 0.15) is 38.5 Å². The Morgan fingerprint density at radius 3 is 1.97 bits per heavy atom. The van der Waals surface area contributed by atoms with Crippen molar-refractivity contribution in [2.24, 2.45) is 0 Å². The Morgan fingerprint density at radius 2 is 1.37 bits per heavy atom. The van der Waals surface area contributed by atoms with Gasteiger partial charge in [-0.1, -0.05) is 17.8 Å². The molecule has 0 spiro atoms. The van der Waals surface area contributed by atoms with E-state index >= 15 is 0 Å². The summed E-state index contributed by atoms with van der Waals surface area (Å²) in [6, 6.07) is -0.708. The Bertz CT molecular complexity index is 749. The molecule has 0 aromatic rings. The fourth-order valence-corrected chi connectivity index (χ4v) is 3.05. The minimum atomic E-state index is -0.708. The maximum absolute atomic E-state index is 12.9. The van der Waals surface area contributed by atoms with E-state index in [9.17, 15) is 19.2 Å². The SMILES string of the molecule is C#CCC(=O)NCCCCC(NC(=O)CC#C)C(=O)N1CCN(C(=O)CC#C)CC1. The molecular formula is C22H28N4O4. The van der Waals surface area contributed by atoms with E-state index in [4.69, 9.17) is 19.3 Å². The predicted molar refractivity (Wildman–Crippen MR) is 112 cm³/mol. The summed E-state index contributed by atoms with van der Waals surface area (Å²) in [5.74, 6) is 5.91. The third kappa shape index (κ3) is 8.71. The van der Waals surface area contributed by atoms with Gasteiger partial charge in [-0.15, -0.1) is 19.3 Å². The Morgan fingerprint density at radius 1 is 0.800 bits per heavy atom. The maximum atomic E-state index is 12.9. The molecule has 1 unspecified atom stereocenters. The zero-order valence-electron chi connectivity index (χ0n) is 17.1. The summed E-state index contributed by atoms with van der Waals surface area (Å²) in [5.41, 5.74) is 0. The molecule has 1 saturated heterocycles. The highest BCUT2D eigenvalue weighted by molar-refractivity contribution is 5.88. The average molecular weight is 412 g/mol. The lowest BCUT2D eigenvalue weighted by Gasteiger charge is -2.36. The maximum Gasteiger partial charge on any atom is 0.245 e. The number of hydrogen-bond acceptors (Lipinski definition) is 4. The van der Waals surface area contributed by atoms with Crippen LogP contribution in [0.15, 0.2) is 0 Å². The smallest absolute Gasteiger partial charge is 0.245 e. The Balaban J connectivity index is 2.57. The van der Waals surface area contributed by atoms with Crippen molar-refractivity contribution < 1.29 is 19.2 Å². The van der Waals surface area contributed by atoms with Crippen molar-refractivity contribution in [3.8, 4) is 37.0 Å². The molecule has 8 nitrogen and oxygen atoms in total. The molecule has 1 aliphatic heterocycles. The standard InChI is InChI=1S/C22H28N4O4/c1-4-9-19(27)23-13-8-7-12-18(24-20(28)10-5-2)22(30)26-16-14-25(15-17-26)21(29)11-6-3/h1-3,18H,7-17H2,(H,23,27)(H,24,28). The van der Waals surface area contributed by atoms with Crippen molar-refractivity contribution in [2.75, 3.05) is 32.7 Å². The number of rotatable bonds is 10. The van der Waals surface area contributed by atoms with Crippen LogP contribution in [0.3, 0.4) is 0 Å². The third-order valence-electron chi connectivity index (χ3n) is 4.60. The Kier molecular flexibility index (Phi) is 11.2. The second-order valence-corrected chi connectivity index (χ2v) is 6.81. The van der Waals surface area contributed by atoms with Crippen LogP contribution in [0.2, 0.25) is 0 Å². The molecule has 0 aliphatic carbocycles. The summed E-state index contributed by atoms with van der Waals surface area (Å²) in [6.07, 6.45) is 17.0. The molecule has 1 fully saturated rings. The van der Waals surface area contributed by atoms with E-state index < -0.39 is 6.04 Å². The van der Waals surface area contributed by atoms with Gasteiger partial charge in [-0.2, -0.15) is 0 Å². The molecule has 1 heterocycles. The summed E-state index contributed by atoms with van der Waals surface area (Å²) in [7, 11) is 0. The van der Waals surface area contributed by atoms with Gasteiger partial charge in [0.2, 0.25) is 23.6 Å². The number of amides is 4. The van der Waals surface area contributed by atoms with E-state index in [1.165, 1.54) is 0 Å². The van der Waals surface area contributed by atoms with Gasteiger partial charge in [-0.05, 0) is 19.3 Å². The molecule has 0 aromatic carbocycles. The Labute approximate surface area is 178 Å². The summed E-state index contributed by atoms with van der Waals surface area (Å²) in [5, 5.41) is 5.39. The van der Waals surface area contributed by atoms with Crippen LogP contribution in [0, 0.1) is 37.0 Å². The van der Waals surface area contributed by atoms with E-state index in [0.29, 0.717) is 52.0 Å². The molecule has 1 atom stereocenters. The number of carbonyl (C=O) groups excluding carboxylic acids is 4. The number of nitrogens with one attached hydrogen (secondary N) is 2. The third-order valence-corrected chi connectivity index (χ3v) is 4.60. The zero-order valence-corrected chi connectivity index (χ0v) is 17.1. The van der Waals surface area contributed by atoms with Crippen molar-refractivity contribution >= 4 is 23.6 Å². The topological polar surface area (TPSA) is 98.8 Å². The highest BCUT2D eigenvalue weighted by Gasteiger charge is 2.29. The summed E-state index contributed by atoms with van der Waals surface area (Å²) in [6.45, 7) is 1.99. The molecule has 8 heteroatoms. The van der Waals surface area contributed by atoms with E-state index in [-0.39, 0.29) is 42.9 Å². The van der Waals surface area contributed by atoms with E-state index in [2.05, 4.69) is 28.4 Å². The number of unbranched alkanes of at least 4 members (excludes halogenated alkanes) is 1. The van der Waals surface area contributed by atoms with Crippen LogP contribution in [-0.2, 0) is 19.2 Å². The van der Waals surface area contributed by atoms with Crippen molar-refractivity contribution in [1.82, 2.24) is 20.4 Å². The molecular weight excluding hydrogens is 384 g/mol. The second-order valence-electron chi connectivity index (χ2n) is 6.81. The van der Waals surface area contributed by atoms with Gasteiger partial charge < -0.3 is 20.4 Å². The average Bonchev–Trinajstić information content (AvgIpc) is 2.73. The van der Waals surface area contributed by atoms with E-state index in [1.807, 2.05) is 0 Å². The van der Waals surface area contributed by atoms with Gasteiger partial charge in [0, 0.05) is 32.7 Å². The number of carbonyl (C=O) groups is 4. The molecule has 0 saturated carbocycles. The first-order valence-corrected chi connectivity index (χ1v) is 9.86. The van der Waals surface area contributed by atoms with Gasteiger partial charge in [0.15, 0.2) is 0 Å². The summed E-state index contributed by atoms with van der Waals surface area (Å²) < 4.78 is 0. The molecule has 160 valence electrons. The monoisotopic (exact) mass is 412 g/mol. The minimum Gasteiger partial charge on any atom is -0.355 e. The largest absolute Gasteiger partial charge is 0.355 e. The quantitative estimate of drug-likeness (QED) is 0.373. The molecule has 0 aromatic heterocycles. The van der Waals surface area contributed by atoms with Gasteiger partial charge in [-0.3, -0.25) is 19.2 Å². The van der Waals surface area contributed by atoms with Crippen molar-refractivity contribution in [3.63, 3.8) is 0 Å². The van der Waals surface area contributed by atoms with Gasteiger partial charge >= 0.3 is 0 Å². The highest BCUT2D eigenvalue weighted by Crippen LogP contribution is 2.10. The molecule has 4 amide bonds. The molecule has 30 heavy (non-hydrogen) atoms. The number of hydrogen-bond donors (Lipinski definition) is 2. The van der Waals surface area contributed by atoms with Crippen LogP contribution in [0.4, 0.5) is 0 Å². The number of terminal acetylenes is 3. The van der Waals surface area contributed by atoms with Crippen molar-refractivity contribution in [1.29, 1.82) is 0 Å². The molecule has 1 rings (SSSR count). The molecule has 2 N–H and O–H groups in total. The van der Waals surface area contributed by atoms with E-state index in [1.54, 1.807) is 9.80 Å². The van der Waals surface area contributed by atoms with Gasteiger partial charge in [0.05, 0.1) is 19.3 Å². The lowest BCUT2D eigenvalue weighted by molar-refractivity contribution is -0.141. The van der Waals surface area contributed by atoms with Crippen molar-refractivity contribution in [2.45, 2.75) is 44.6 Å². The zero-order chi connectivity index (χ0) is 22.4. The fraction of sp³-hybridized carbons (Fsp3) is 0.545. The van der Waals surface area contributed by atoms with Gasteiger partial charge in [0.1, 0.15) is 6.04 Å². The highest BCUT2D eigenvalue weighted by atomic mass is 16.2. The Hall–Kier alpha value is -3.44. The second kappa shape index (κ2) is 13.7. The predicted octanol–water partition coefficient (Wildman–Crippen LogP) is -0.502. The van der Waals surface area contributed by atoms with Crippen LogP contribution in [0.25, 0.3) is 0 Å². The lowest BCUT2D eigenvalue weighted by Crippen LogP contribution is -2.55. The number of piperazine rings is 1. The first-order valence-electron chi connectivity index (χ1n) is 9.86. The van der Waals surface area contributed by atoms with Gasteiger partial charge in [-0.25, -0.2) is 0 Å². The van der Waals surface area contributed by atoms with Crippen molar-refractivity contribution in [3.05, 3.63) is 0 Å². The van der Waals surface area contributed by atoms with Gasteiger partial charge in [0.25, 0.3) is 0 Å². The lowest BCUT2D eigenvalue weighted by atomic mass is 10.1. The van der Waals surface area contributed by atoms with E-state index in [0.717, 1.165) is 0 Å². The first-order chi connectivity index (χ1) is 14.4.